The molecule has 2 N–H and O–H groups in total. The Kier molecular flexibility index (Phi) is 7.83. The zero-order valence-corrected chi connectivity index (χ0v) is 17.4. The second-order valence-corrected chi connectivity index (χ2v) is 7.84. The third kappa shape index (κ3) is 6.34. The molecule has 1 saturated heterocycles. The fourth-order valence-corrected chi connectivity index (χ4v) is 3.31. The smallest absolute Gasteiger partial charge is 0.345 e. The summed E-state index contributed by atoms with van der Waals surface area (Å²) in [5.41, 5.74) is 6.54. The Balaban J connectivity index is 1.75. The van der Waals surface area contributed by atoms with Gasteiger partial charge in [0.2, 0.25) is 5.28 Å². The van der Waals surface area contributed by atoms with Gasteiger partial charge < -0.3 is 15.4 Å². The first kappa shape index (κ1) is 21.4. The van der Waals surface area contributed by atoms with Gasteiger partial charge in [-0.05, 0) is 49.6 Å². The molecule has 0 aliphatic carbocycles. The van der Waals surface area contributed by atoms with Crippen molar-refractivity contribution in [2.45, 2.75) is 47.0 Å². The van der Waals surface area contributed by atoms with Crippen molar-refractivity contribution in [2.75, 3.05) is 19.7 Å². The summed E-state index contributed by atoms with van der Waals surface area (Å²) in [5, 5.41) is 0.231. The molecule has 1 aliphatic rings. The van der Waals surface area contributed by atoms with Crippen LogP contribution in [0.15, 0.2) is 11.2 Å². The minimum absolute atomic E-state index is 0.0844. The van der Waals surface area contributed by atoms with Crippen molar-refractivity contribution >= 4 is 23.5 Å². The monoisotopic (exact) mass is 395 g/mol. The van der Waals surface area contributed by atoms with Crippen LogP contribution in [0.4, 0.5) is 4.79 Å². The van der Waals surface area contributed by atoms with Crippen LogP contribution >= 0.6 is 11.6 Å². The minimum atomic E-state index is -0.214. The maximum Gasteiger partial charge on any atom is 0.345 e. The maximum absolute atomic E-state index is 12.2. The van der Waals surface area contributed by atoms with Gasteiger partial charge in [0.1, 0.15) is 5.84 Å². The Hall–Kier alpha value is -1.89. The molecule has 0 bridgehead atoms. The molecule has 27 heavy (non-hydrogen) atoms. The zero-order valence-electron chi connectivity index (χ0n) is 16.6. The van der Waals surface area contributed by atoms with Crippen LogP contribution in [0.5, 0.6) is 5.75 Å². The number of halogens is 1. The number of ether oxygens (including phenoxy) is 1. The van der Waals surface area contributed by atoms with Gasteiger partial charge in [-0.15, -0.1) is 0 Å². The lowest BCUT2D eigenvalue weighted by Crippen LogP contribution is -2.39. The van der Waals surface area contributed by atoms with Crippen molar-refractivity contribution in [1.82, 2.24) is 14.9 Å². The molecule has 1 atom stereocenters. The highest BCUT2D eigenvalue weighted by molar-refractivity contribution is 6.28. The van der Waals surface area contributed by atoms with E-state index in [-0.39, 0.29) is 17.2 Å². The molecule has 2 amide bonds. The Morgan fingerprint density at radius 3 is 2.67 bits per heavy atom. The number of carbonyl (C=O) groups excluding carboxylic acids is 1. The summed E-state index contributed by atoms with van der Waals surface area (Å²) >= 11 is 5.76. The summed E-state index contributed by atoms with van der Waals surface area (Å²) in [5.74, 6) is 2.24. The number of nitrogens with two attached hydrogens (primary N) is 1. The molecule has 8 heteroatoms. The fraction of sp³-hybridized carbons (Fsp3) is 0.684. The summed E-state index contributed by atoms with van der Waals surface area (Å²) in [6.07, 6.45) is 4.52. The van der Waals surface area contributed by atoms with Gasteiger partial charge >= 0.3 is 6.03 Å². The number of rotatable bonds is 6. The number of piperidine rings is 1. The van der Waals surface area contributed by atoms with Crippen molar-refractivity contribution in [3.05, 3.63) is 17.2 Å². The van der Waals surface area contributed by atoms with Crippen molar-refractivity contribution in [2.24, 2.45) is 28.5 Å². The number of aryl methyl sites for hydroxylation is 1. The first-order valence-electron chi connectivity index (χ1n) is 9.52. The van der Waals surface area contributed by atoms with E-state index in [1.54, 1.807) is 11.1 Å². The summed E-state index contributed by atoms with van der Waals surface area (Å²) in [6, 6.07) is -0.214. The number of nitrogens with zero attached hydrogens (tertiary/aromatic N) is 4. The Morgan fingerprint density at radius 2 is 2.07 bits per heavy atom. The van der Waals surface area contributed by atoms with Crippen LogP contribution < -0.4 is 10.5 Å². The van der Waals surface area contributed by atoms with Crippen LogP contribution in [-0.4, -0.2) is 46.4 Å². The summed E-state index contributed by atoms with van der Waals surface area (Å²) < 4.78 is 5.80. The van der Waals surface area contributed by atoms with Gasteiger partial charge in [-0.25, -0.2) is 14.8 Å². The number of urea groups is 1. The molecule has 2 rings (SSSR count). The highest BCUT2D eigenvalue weighted by Crippen LogP contribution is 2.28. The largest absolute Gasteiger partial charge is 0.490 e. The summed E-state index contributed by atoms with van der Waals surface area (Å²) in [4.78, 5) is 26.0. The van der Waals surface area contributed by atoms with E-state index in [4.69, 9.17) is 22.1 Å². The number of aliphatic imine (C=N–C) groups is 1. The standard InChI is InChI=1S/C19H30ClN5O2/c1-12(2)17(21)24-19(26)25-8-5-15(6-9-25)13(3)7-10-27-16-11-22-18(20)23-14(16)4/h11-13,15H,5-10H2,1-4H3,(H2,21,24,26). The Bertz CT molecular complexity index is 672. The number of amides is 2. The molecule has 0 radical (unpaired) electrons. The SMILES string of the molecule is Cc1nc(Cl)ncc1OCCC(C)C1CCN(C(=O)N=C(N)C(C)C)CC1. The van der Waals surface area contributed by atoms with E-state index in [2.05, 4.69) is 21.9 Å². The van der Waals surface area contributed by atoms with E-state index in [0.717, 1.165) is 38.0 Å². The van der Waals surface area contributed by atoms with Gasteiger partial charge in [0.15, 0.2) is 5.75 Å². The van der Waals surface area contributed by atoms with Gasteiger partial charge in [0, 0.05) is 19.0 Å². The normalized spacial score (nSPS) is 17.3. The lowest BCUT2D eigenvalue weighted by molar-refractivity contribution is 0.149. The van der Waals surface area contributed by atoms with Crippen molar-refractivity contribution < 1.29 is 9.53 Å². The highest BCUT2D eigenvalue weighted by Gasteiger charge is 2.26. The lowest BCUT2D eigenvalue weighted by atomic mass is 9.84. The van der Waals surface area contributed by atoms with Crippen LogP contribution in [0.25, 0.3) is 0 Å². The molecule has 2 heterocycles. The average Bonchev–Trinajstić information content (AvgIpc) is 2.63. The molecular weight excluding hydrogens is 366 g/mol. The quantitative estimate of drug-likeness (QED) is 0.450. The van der Waals surface area contributed by atoms with Crippen LogP contribution in [0.1, 0.15) is 45.7 Å². The lowest BCUT2D eigenvalue weighted by Gasteiger charge is -2.34. The number of hydrogen-bond acceptors (Lipinski definition) is 4. The molecule has 1 aromatic rings. The van der Waals surface area contributed by atoms with E-state index in [0.29, 0.717) is 30.0 Å². The highest BCUT2D eigenvalue weighted by atomic mass is 35.5. The molecule has 1 aromatic heterocycles. The first-order valence-corrected chi connectivity index (χ1v) is 9.90. The van der Waals surface area contributed by atoms with Gasteiger partial charge in [-0.1, -0.05) is 20.8 Å². The molecule has 150 valence electrons. The Labute approximate surface area is 166 Å². The predicted molar refractivity (Wildman–Crippen MR) is 107 cm³/mol. The number of aromatic nitrogens is 2. The molecule has 7 nitrogen and oxygen atoms in total. The van der Waals surface area contributed by atoms with E-state index in [1.165, 1.54) is 0 Å². The van der Waals surface area contributed by atoms with Crippen molar-refractivity contribution in [3.8, 4) is 5.75 Å². The third-order valence-electron chi connectivity index (χ3n) is 5.17. The number of carbonyl (C=O) groups is 1. The van der Waals surface area contributed by atoms with E-state index in [9.17, 15) is 4.79 Å². The number of likely N-dealkylation sites (tertiary alicyclic amines) is 1. The fourth-order valence-electron chi connectivity index (χ4n) is 3.13. The molecule has 1 aliphatic heterocycles. The Morgan fingerprint density at radius 1 is 1.41 bits per heavy atom. The minimum Gasteiger partial charge on any atom is -0.490 e. The second-order valence-electron chi connectivity index (χ2n) is 7.50. The van der Waals surface area contributed by atoms with Crippen LogP contribution in [0, 0.1) is 24.7 Å². The van der Waals surface area contributed by atoms with E-state index >= 15 is 0 Å². The molecule has 0 spiro atoms. The predicted octanol–water partition coefficient (Wildman–Crippen LogP) is 3.69. The molecular formula is C19H30ClN5O2. The van der Waals surface area contributed by atoms with Gasteiger partial charge in [0.25, 0.3) is 0 Å². The zero-order chi connectivity index (χ0) is 20.0. The van der Waals surface area contributed by atoms with Crippen molar-refractivity contribution in [3.63, 3.8) is 0 Å². The number of hydrogen-bond donors (Lipinski definition) is 1. The van der Waals surface area contributed by atoms with Crippen LogP contribution in [0.3, 0.4) is 0 Å². The van der Waals surface area contributed by atoms with Gasteiger partial charge in [-0.2, -0.15) is 4.99 Å². The maximum atomic E-state index is 12.2. The average molecular weight is 396 g/mol. The van der Waals surface area contributed by atoms with Gasteiger partial charge in [-0.3, -0.25) is 0 Å². The molecule has 0 aromatic carbocycles. The number of amidine groups is 1. The second kappa shape index (κ2) is 9.88. The molecule has 1 fully saturated rings. The summed E-state index contributed by atoms with van der Waals surface area (Å²) in [6.45, 7) is 10.0. The first-order chi connectivity index (χ1) is 12.8. The van der Waals surface area contributed by atoms with Crippen LogP contribution in [0.2, 0.25) is 5.28 Å². The van der Waals surface area contributed by atoms with Gasteiger partial charge in [0.05, 0.1) is 18.5 Å². The van der Waals surface area contributed by atoms with Crippen molar-refractivity contribution in [1.29, 1.82) is 0 Å². The van der Waals surface area contributed by atoms with E-state index < -0.39 is 0 Å². The third-order valence-corrected chi connectivity index (χ3v) is 5.35. The molecule has 0 saturated carbocycles. The van der Waals surface area contributed by atoms with Crippen LogP contribution in [-0.2, 0) is 0 Å². The van der Waals surface area contributed by atoms with E-state index in [1.807, 2.05) is 20.8 Å². The topological polar surface area (TPSA) is 93.7 Å². The molecule has 1 unspecified atom stereocenters. The summed E-state index contributed by atoms with van der Waals surface area (Å²) in [7, 11) is 0.